The van der Waals surface area contributed by atoms with Crippen molar-refractivity contribution in [2.75, 3.05) is 19.0 Å². The zero-order valence-electron chi connectivity index (χ0n) is 17.8. The van der Waals surface area contributed by atoms with Crippen LogP contribution in [-0.2, 0) is 0 Å². The van der Waals surface area contributed by atoms with Crippen molar-refractivity contribution in [1.29, 1.82) is 0 Å². The maximum Gasteiger partial charge on any atom is 0.322 e. The quantitative estimate of drug-likeness (QED) is 0.406. The van der Waals surface area contributed by atoms with Gasteiger partial charge in [0.1, 0.15) is 28.9 Å². The molecule has 33 heavy (non-hydrogen) atoms. The molecular weight excluding hydrogens is 428 g/mol. The number of carbonyl (C=O) groups excluding carboxylic acids is 1. The Morgan fingerprint density at radius 3 is 2.82 bits per heavy atom. The number of nitrogens with zero attached hydrogens (tertiary/aromatic N) is 2. The van der Waals surface area contributed by atoms with E-state index in [2.05, 4.69) is 10.3 Å². The van der Waals surface area contributed by atoms with Gasteiger partial charge in [-0.05, 0) is 48.7 Å². The van der Waals surface area contributed by atoms with E-state index in [1.54, 1.807) is 12.0 Å². The van der Waals surface area contributed by atoms with Crippen LogP contribution >= 0.6 is 0 Å². The third kappa shape index (κ3) is 4.00. The van der Waals surface area contributed by atoms with E-state index in [0.717, 1.165) is 35.4 Å². The fraction of sp³-hybridized carbons (Fsp3) is 0.200. The molecule has 1 aliphatic rings. The fourth-order valence-electron chi connectivity index (χ4n) is 4.18. The molecule has 168 valence electrons. The molecule has 0 aliphatic carbocycles. The smallest absolute Gasteiger partial charge is 0.322 e. The van der Waals surface area contributed by atoms with Gasteiger partial charge >= 0.3 is 6.03 Å². The number of halogens is 2. The summed E-state index contributed by atoms with van der Waals surface area (Å²) in [5.41, 5.74) is 3.08. The summed E-state index contributed by atoms with van der Waals surface area (Å²) in [5, 5.41) is 2.52. The maximum atomic E-state index is 14.0. The lowest BCUT2D eigenvalue weighted by atomic mass is 10.0. The highest BCUT2D eigenvalue weighted by atomic mass is 19.1. The number of nitrogens with one attached hydrogen (secondary N) is 1. The van der Waals surface area contributed by atoms with Crippen LogP contribution in [0.15, 0.2) is 65.1 Å². The van der Waals surface area contributed by atoms with E-state index in [-0.39, 0.29) is 11.7 Å². The molecule has 1 atom stereocenters. The molecule has 1 saturated heterocycles. The fourth-order valence-corrected chi connectivity index (χ4v) is 4.18. The van der Waals surface area contributed by atoms with Gasteiger partial charge in [-0.25, -0.2) is 18.6 Å². The molecule has 0 spiro atoms. The van der Waals surface area contributed by atoms with Crippen molar-refractivity contribution >= 4 is 22.8 Å². The van der Waals surface area contributed by atoms with Crippen LogP contribution in [0.4, 0.5) is 19.3 Å². The average Bonchev–Trinajstić information content (AvgIpc) is 3.47. The maximum absolute atomic E-state index is 14.0. The lowest BCUT2D eigenvalue weighted by molar-refractivity contribution is 0.198. The number of fused-ring (bicyclic) bond motifs is 1. The lowest BCUT2D eigenvalue weighted by Gasteiger charge is -2.22. The number of likely N-dealkylation sites (tertiary alicyclic amines) is 1. The summed E-state index contributed by atoms with van der Waals surface area (Å²) >= 11 is 0. The van der Waals surface area contributed by atoms with Gasteiger partial charge in [0.15, 0.2) is 5.58 Å². The number of carbonyl (C=O) groups is 1. The molecule has 1 aliphatic heterocycles. The molecule has 2 heterocycles. The predicted octanol–water partition coefficient (Wildman–Crippen LogP) is 6.15. The SMILES string of the molecule is COc1ccccc1-c1ccc2oc([C@H]3CCCN3C(=O)Nc3ccc(F)cc3F)nc2c1. The average molecular weight is 449 g/mol. The number of amides is 2. The van der Waals surface area contributed by atoms with Crippen LogP contribution in [0.1, 0.15) is 24.8 Å². The number of para-hydroxylation sites is 1. The molecule has 6 nitrogen and oxygen atoms in total. The van der Waals surface area contributed by atoms with Crippen LogP contribution in [0.2, 0.25) is 0 Å². The third-order valence-corrected chi connectivity index (χ3v) is 5.79. The van der Waals surface area contributed by atoms with E-state index in [1.807, 2.05) is 42.5 Å². The minimum absolute atomic E-state index is 0.0777. The largest absolute Gasteiger partial charge is 0.496 e. The second-order valence-corrected chi connectivity index (χ2v) is 7.84. The Labute approximate surface area is 188 Å². The molecule has 2 amide bonds. The van der Waals surface area contributed by atoms with Gasteiger partial charge in [0, 0.05) is 18.2 Å². The van der Waals surface area contributed by atoms with Gasteiger partial charge in [-0.1, -0.05) is 24.3 Å². The summed E-state index contributed by atoms with van der Waals surface area (Å²) in [7, 11) is 1.63. The van der Waals surface area contributed by atoms with Crippen LogP contribution in [0, 0.1) is 11.6 Å². The van der Waals surface area contributed by atoms with Crippen molar-refractivity contribution in [2.24, 2.45) is 0 Å². The minimum atomic E-state index is -0.829. The summed E-state index contributed by atoms with van der Waals surface area (Å²) in [6, 6.07) is 15.6. The first-order valence-electron chi connectivity index (χ1n) is 10.6. The van der Waals surface area contributed by atoms with E-state index in [1.165, 1.54) is 6.07 Å². The summed E-state index contributed by atoms with van der Waals surface area (Å²) < 4.78 is 38.6. The van der Waals surface area contributed by atoms with Crippen molar-refractivity contribution in [1.82, 2.24) is 9.88 Å². The number of urea groups is 1. The minimum Gasteiger partial charge on any atom is -0.496 e. The van der Waals surface area contributed by atoms with Crippen molar-refractivity contribution < 1.29 is 22.7 Å². The van der Waals surface area contributed by atoms with E-state index < -0.39 is 17.7 Å². The van der Waals surface area contributed by atoms with E-state index in [0.29, 0.717) is 30.0 Å². The first-order valence-corrected chi connectivity index (χ1v) is 10.6. The van der Waals surface area contributed by atoms with Gasteiger partial charge in [0.25, 0.3) is 0 Å². The summed E-state index contributed by atoms with van der Waals surface area (Å²) in [4.78, 5) is 19.0. The molecule has 1 fully saturated rings. The number of hydrogen-bond donors (Lipinski definition) is 1. The molecule has 4 aromatic rings. The molecule has 1 N–H and O–H groups in total. The van der Waals surface area contributed by atoms with Crippen LogP contribution in [0.25, 0.3) is 22.2 Å². The Hall–Kier alpha value is -3.94. The monoisotopic (exact) mass is 449 g/mol. The third-order valence-electron chi connectivity index (χ3n) is 5.79. The Morgan fingerprint density at radius 2 is 2.00 bits per heavy atom. The molecule has 8 heteroatoms. The molecule has 5 rings (SSSR count). The van der Waals surface area contributed by atoms with Gasteiger partial charge in [0.2, 0.25) is 5.89 Å². The van der Waals surface area contributed by atoms with Gasteiger partial charge in [0.05, 0.1) is 12.8 Å². The van der Waals surface area contributed by atoms with Crippen molar-refractivity contribution in [3.8, 4) is 16.9 Å². The highest BCUT2D eigenvalue weighted by Crippen LogP contribution is 2.36. The van der Waals surface area contributed by atoms with Gasteiger partial charge < -0.3 is 19.4 Å². The van der Waals surface area contributed by atoms with E-state index >= 15 is 0 Å². The molecule has 1 aromatic heterocycles. The summed E-state index contributed by atoms with van der Waals surface area (Å²) in [5.74, 6) is -0.352. The highest BCUT2D eigenvalue weighted by Gasteiger charge is 2.34. The van der Waals surface area contributed by atoms with Crippen molar-refractivity contribution in [2.45, 2.75) is 18.9 Å². The first kappa shape index (κ1) is 20.9. The second-order valence-electron chi connectivity index (χ2n) is 7.84. The van der Waals surface area contributed by atoms with Gasteiger partial charge in [-0.3, -0.25) is 0 Å². The number of anilines is 1. The number of aromatic nitrogens is 1. The summed E-state index contributed by atoms with van der Waals surface area (Å²) in [6.45, 7) is 0.477. The molecular formula is C25H21F2N3O3. The standard InChI is InChI=1S/C25H21F2N3O3/c1-32-22-7-3-2-5-17(22)15-8-11-23-20(13-15)28-24(33-23)21-6-4-12-30(21)25(31)29-19-10-9-16(26)14-18(19)27/h2-3,5,7-11,13-14,21H,4,6,12H2,1H3,(H,29,31)/t21-/m1/s1. The Morgan fingerprint density at radius 1 is 1.15 bits per heavy atom. The highest BCUT2D eigenvalue weighted by molar-refractivity contribution is 5.90. The number of methoxy groups -OCH3 is 1. The molecule has 3 aromatic carbocycles. The molecule has 0 saturated carbocycles. The van der Waals surface area contributed by atoms with Crippen LogP contribution in [-0.4, -0.2) is 29.6 Å². The van der Waals surface area contributed by atoms with Crippen LogP contribution < -0.4 is 10.1 Å². The normalized spacial score (nSPS) is 15.7. The summed E-state index contributed by atoms with van der Waals surface area (Å²) in [6.07, 6.45) is 1.43. The van der Waals surface area contributed by atoms with Crippen molar-refractivity contribution in [3.05, 3.63) is 78.2 Å². The zero-order valence-corrected chi connectivity index (χ0v) is 17.8. The number of hydrogen-bond acceptors (Lipinski definition) is 4. The molecule has 0 unspecified atom stereocenters. The molecule has 0 radical (unpaired) electrons. The first-order chi connectivity index (χ1) is 16.0. The van der Waals surface area contributed by atoms with E-state index in [4.69, 9.17) is 9.15 Å². The number of benzene rings is 3. The van der Waals surface area contributed by atoms with Crippen LogP contribution in [0.5, 0.6) is 5.75 Å². The van der Waals surface area contributed by atoms with Crippen LogP contribution in [0.3, 0.4) is 0 Å². The van der Waals surface area contributed by atoms with Gasteiger partial charge in [-0.15, -0.1) is 0 Å². The Bertz CT molecular complexity index is 1340. The van der Waals surface area contributed by atoms with E-state index in [9.17, 15) is 13.6 Å². The predicted molar refractivity (Wildman–Crippen MR) is 120 cm³/mol. The second kappa shape index (κ2) is 8.54. The van der Waals surface area contributed by atoms with Gasteiger partial charge in [-0.2, -0.15) is 0 Å². The number of oxazole rings is 1. The lowest BCUT2D eigenvalue weighted by Crippen LogP contribution is -2.34. The van der Waals surface area contributed by atoms with Crippen molar-refractivity contribution in [3.63, 3.8) is 0 Å². The topological polar surface area (TPSA) is 67.6 Å². The molecule has 0 bridgehead atoms. The Balaban J connectivity index is 1.41. The number of ether oxygens (including phenoxy) is 1. The Kier molecular flexibility index (Phi) is 5.42. The zero-order chi connectivity index (χ0) is 22.9. The number of rotatable bonds is 4.